The van der Waals surface area contributed by atoms with Crippen molar-refractivity contribution in [3.05, 3.63) is 68.0 Å². The Balaban J connectivity index is 2.03. The molecule has 17 heteroatoms. The molecule has 0 atom stereocenters. The number of nitrogens with zero attached hydrogens (tertiary/aromatic N) is 3. The number of carbonyl (C=O) groups excluding carboxylic acids is 2. The number of aliphatic hydroxyl groups excluding tert-OH is 1. The summed E-state index contributed by atoms with van der Waals surface area (Å²) in [5.41, 5.74) is 1.81. The molecule has 1 fully saturated rings. The molecule has 3 heterocycles. The van der Waals surface area contributed by atoms with Crippen molar-refractivity contribution in [1.29, 1.82) is 0 Å². The van der Waals surface area contributed by atoms with Crippen molar-refractivity contribution < 1.29 is 50.2 Å². The number of ether oxygens (including phenoxy) is 1. The molecule has 0 saturated carbocycles. The minimum Gasteiger partial charge on any atom is -0.389 e. The van der Waals surface area contributed by atoms with Gasteiger partial charge >= 0.3 is 18.1 Å². The molecule has 0 unspecified atom stereocenters. The first-order chi connectivity index (χ1) is 19.1. The highest BCUT2D eigenvalue weighted by Crippen LogP contribution is 2.39. The second-order valence-corrected chi connectivity index (χ2v) is 9.06. The fourth-order valence-electron chi connectivity index (χ4n) is 4.24. The summed E-state index contributed by atoms with van der Waals surface area (Å²) >= 11 is 6.49. The van der Waals surface area contributed by atoms with Gasteiger partial charge in [-0.25, -0.2) is 32.1 Å². The molecule has 0 bridgehead atoms. The van der Waals surface area contributed by atoms with Gasteiger partial charge in [0.2, 0.25) is 5.43 Å². The molecule has 4 rings (SSSR count). The fraction of sp³-hybridized carbons (Fsp3) is 0.250. The number of esters is 2. The Labute approximate surface area is 229 Å². The highest BCUT2D eigenvalue weighted by molar-refractivity contribution is 6.38. The molecule has 9 nitrogen and oxygen atoms in total. The van der Waals surface area contributed by atoms with E-state index in [4.69, 9.17) is 22.4 Å². The molecule has 2 aromatic heterocycles. The van der Waals surface area contributed by atoms with Crippen LogP contribution in [0.15, 0.2) is 34.5 Å². The summed E-state index contributed by atoms with van der Waals surface area (Å²) < 4.78 is 101. The first-order valence-corrected chi connectivity index (χ1v) is 11.8. The highest BCUT2D eigenvalue weighted by atomic mass is 35.5. The molecule has 3 aromatic rings. The van der Waals surface area contributed by atoms with Gasteiger partial charge in [0.1, 0.15) is 17.2 Å². The fourth-order valence-corrected chi connectivity index (χ4v) is 4.64. The Morgan fingerprint density at radius 1 is 1.15 bits per heavy atom. The molecule has 1 aromatic carbocycles. The van der Waals surface area contributed by atoms with Crippen molar-refractivity contribution in [2.75, 3.05) is 30.3 Å². The van der Waals surface area contributed by atoms with Crippen molar-refractivity contribution in [2.45, 2.75) is 19.0 Å². The van der Waals surface area contributed by atoms with Gasteiger partial charge in [-0.2, -0.15) is 13.2 Å². The third-order valence-corrected chi connectivity index (χ3v) is 6.44. The van der Waals surface area contributed by atoms with E-state index in [2.05, 4.69) is 9.72 Å². The number of nitrogens with two attached hydrogens (primary N) is 1. The predicted molar refractivity (Wildman–Crippen MR) is 130 cm³/mol. The number of pyridine rings is 2. The van der Waals surface area contributed by atoms with Gasteiger partial charge < -0.3 is 20.5 Å². The van der Waals surface area contributed by atoms with Crippen LogP contribution in [0.1, 0.15) is 23.2 Å². The second kappa shape index (κ2) is 11.0. The Morgan fingerprint density at radius 3 is 2.46 bits per heavy atom. The van der Waals surface area contributed by atoms with Crippen molar-refractivity contribution in [1.82, 2.24) is 9.55 Å². The number of hydrogen-bond donors (Lipinski definition) is 2. The van der Waals surface area contributed by atoms with Crippen LogP contribution in [-0.4, -0.2) is 52.5 Å². The number of carbonyl (C=O) groups is 2. The molecule has 0 aliphatic carbocycles. The quantitative estimate of drug-likeness (QED) is 0.258. The average Bonchev–Trinajstić information content (AvgIpc) is 2.90. The number of halogens is 8. The van der Waals surface area contributed by atoms with Crippen LogP contribution in [0.3, 0.4) is 0 Å². The Bertz CT molecular complexity index is 1690. The minimum absolute atomic E-state index is 0.106. The predicted octanol–water partition coefficient (Wildman–Crippen LogP) is 4.10. The van der Waals surface area contributed by atoms with Gasteiger partial charge in [0.15, 0.2) is 23.3 Å². The van der Waals surface area contributed by atoms with E-state index in [0.29, 0.717) is 16.8 Å². The lowest BCUT2D eigenvalue weighted by atomic mass is 10.0. The van der Waals surface area contributed by atoms with Crippen LogP contribution in [0.25, 0.3) is 16.7 Å². The van der Waals surface area contributed by atoms with Gasteiger partial charge in [-0.05, 0) is 24.5 Å². The molecule has 218 valence electrons. The van der Waals surface area contributed by atoms with Gasteiger partial charge in [0, 0.05) is 25.4 Å². The highest BCUT2D eigenvalue weighted by Gasteiger charge is 2.43. The van der Waals surface area contributed by atoms with Crippen LogP contribution in [0, 0.1) is 17.5 Å². The number of anilines is 2. The van der Waals surface area contributed by atoms with Crippen LogP contribution in [0.2, 0.25) is 5.02 Å². The summed E-state index contributed by atoms with van der Waals surface area (Å²) in [6.45, 7) is -1.06. The zero-order valence-corrected chi connectivity index (χ0v) is 21.0. The molecule has 1 aliphatic heterocycles. The normalized spacial score (nSPS) is 15.3. The number of fused-ring (bicyclic) bond motifs is 1. The van der Waals surface area contributed by atoms with Crippen LogP contribution in [-0.2, 0) is 9.53 Å². The summed E-state index contributed by atoms with van der Waals surface area (Å²) in [6.07, 6.45) is -4.70. The first kappa shape index (κ1) is 29.8. The van der Waals surface area contributed by atoms with E-state index in [9.17, 15) is 40.7 Å². The molecule has 1 saturated heterocycles. The monoisotopic (exact) mass is 608 g/mol. The molecule has 41 heavy (non-hydrogen) atoms. The van der Waals surface area contributed by atoms with E-state index in [1.54, 1.807) is 0 Å². The zero-order chi connectivity index (χ0) is 30.4. The van der Waals surface area contributed by atoms with Gasteiger partial charge in [-0.3, -0.25) is 9.36 Å². The second-order valence-electron chi connectivity index (χ2n) is 8.69. The number of rotatable bonds is 4. The van der Waals surface area contributed by atoms with Gasteiger partial charge in [-0.15, -0.1) is 0 Å². The number of piperidine rings is 1. The molecule has 0 radical (unpaired) electrons. The average molecular weight is 609 g/mol. The van der Waals surface area contributed by atoms with Crippen LogP contribution < -0.4 is 16.1 Å². The molecule has 0 spiro atoms. The van der Waals surface area contributed by atoms with Crippen LogP contribution in [0.4, 0.5) is 42.2 Å². The summed E-state index contributed by atoms with van der Waals surface area (Å²) in [7, 11) is 0. The number of aromatic nitrogens is 2. The number of aliphatic hydroxyl groups is 1. The van der Waals surface area contributed by atoms with E-state index in [-0.39, 0.29) is 37.6 Å². The van der Waals surface area contributed by atoms with Gasteiger partial charge in [0.05, 0.1) is 28.2 Å². The lowest BCUT2D eigenvalue weighted by Gasteiger charge is -2.32. The molecular formula is C24H16ClF7N4O5. The maximum absolute atomic E-state index is 15.5. The van der Waals surface area contributed by atoms with Gasteiger partial charge in [0.25, 0.3) is 0 Å². The number of hydrogen-bond acceptors (Lipinski definition) is 8. The van der Waals surface area contributed by atoms with E-state index in [0.717, 1.165) is 0 Å². The SMILES string of the molecule is Nc1nc(-n2cc(C(=O)OC(=O)C(F)(F)F)c(=O)c3cc(F)c(N4CCC/C(=C(/F)CO)C4)c(Cl)c32)c(F)cc1F. The molecule has 0 amide bonds. The lowest BCUT2D eigenvalue weighted by Crippen LogP contribution is -2.33. The number of benzene rings is 1. The number of alkyl halides is 3. The minimum atomic E-state index is -5.63. The van der Waals surface area contributed by atoms with Gasteiger partial charge in [-0.1, -0.05) is 11.6 Å². The Kier molecular flexibility index (Phi) is 8.00. The Hall–Kier alpha value is -4.18. The van der Waals surface area contributed by atoms with Crippen molar-refractivity contribution in [2.24, 2.45) is 0 Å². The summed E-state index contributed by atoms with van der Waals surface area (Å²) in [5.74, 6) is -11.7. The maximum Gasteiger partial charge on any atom is 0.491 e. The largest absolute Gasteiger partial charge is 0.491 e. The van der Waals surface area contributed by atoms with Crippen molar-refractivity contribution in [3.8, 4) is 5.82 Å². The third kappa shape index (κ3) is 5.56. The Morgan fingerprint density at radius 2 is 1.83 bits per heavy atom. The van der Waals surface area contributed by atoms with Crippen molar-refractivity contribution >= 4 is 45.9 Å². The van der Waals surface area contributed by atoms with Crippen LogP contribution in [0.5, 0.6) is 0 Å². The zero-order valence-electron chi connectivity index (χ0n) is 20.3. The standard InChI is InChI=1S/C24H16ClF7N4O5/c25-16-17-10(4-12(26)18(16)35-3-1-2-9(6-35)15(29)8-37)19(38)11(22(39)41-23(40)24(30,31)32)7-36(17)21-14(28)5-13(27)20(33)34-21/h4-5,7,37H,1-3,6,8H2,(H2,33,34)/b15-9-. The first-order valence-electron chi connectivity index (χ1n) is 11.4. The van der Waals surface area contributed by atoms with Crippen molar-refractivity contribution in [3.63, 3.8) is 0 Å². The summed E-state index contributed by atoms with van der Waals surface area (Å²) in [6, 6.07) is 0.799. The van der Waals surface area contributed by atoms with Crippen LogP contribution >= 0.6 is 11.6 Å². The maximum atomic E-state index is 15.5. The number of nitrogen functional groups attached to an aromatic ring is 1. The van der Waals surface area contributed by atoms with E-state index >= 15 is 4.39 Å². The van der Waals surface area contributed by atoms with E-state index in [1.807, 2.05) is 0 Å². The lowest BCUT2D eigenvalue weighted by molar-refractivity contribution is -0.193. The molecule has 1 aliphatic rings. The molecule has 3 N–H and O–H groups in total. The van der Waals surface area contributed by atoms with E-state index in [1.165, 1.54) is 4.90 Å². The van der Waals surface area contributed by atoms with E-state index < -0.39 is 92.2 Å². The summed E-state index contributed by atoms with van der Waals surface area (Å²) in [5, 5.41) is 7.72. The topological polar surface area (TPSA) is 128 Å². The smallest absolute Gasteiger partial charge is 0.389 e. The third-order valence-electron chi connectivity index (χ3n) is 6.09. The summed E-state index contributed by atoms with van der Waals surface area (Å²) in [4.78, 5) is 41.5. The molecular weight excluding hydrogens is 593 g/mol.